The Hall–Kier alpha value is -2.66. The van der Waals surface area contributed by atoms with Gasteiger partial charge >= 0.3 is 11.9 Å². The zero-order chi connectivity index (χ0) is 22.1. The van der Waals surface area contributed by atoms with Crippen molar-refractivity contribution in [2.75, 3.05) is 23.7 Å². The predicted molar refractivity (Wildman–Crippen MR) is 101 cm³/mol. The Morgan fingerprint density at radius 1 is 1.20 bits per heavy atom. The lowest BCUT2D eigenvalue weighted by Gasteiger charge is -2.32. The SMILES string of the molecule is Nc1nc(N2CCC(F)CC2)c(C(=O)NC2CCC(C(F)(F)F)CC2)cc1[N+](=O)[O-]. The number of carbonyl (C=O) groups is 1. The maximum absolute atomic E-state index is 13.5. The van der Waals surface area contributed by atoms with Gasteiger partial charge in [-0.1, -0.05) is 0 Å². The summed E-state index contributed by atoms with van der Waals surface area (Å²) in [6.07, 6.45) is -4.66. The van der Waals surface area contributed by atoms with Crippen LogP contribution in [0.1, 0.15) is 48.9 Å². The number of nitrogens with two attached hydrogens (primary N) is 1. The van der Waals surface area contributed by atoms with E-state index < -0.39 is 40.8 Å². The summed E-state index contributed by atoms with van der Waals surface area (Å²) in [5.74, 6) is -2.30. The highest BCUT2D eigenvalue weighted by Gasteiger charge is 2.41. The zero-order valence-electron chi connectivity index (χ0n) is 16.1. The first-order chi connectivity index (χ1) is 14.1. The smallest absolute Gasteiger partial charge is 0.378 e. The Labute approximate surface area is 170 Å². The van der Waals surface area contributed by atoms with Crippen molar-refractivity contribution in [3.8, 4) is 0 Å². The minimum absolute atomic E-state index is 0.0915. The molecule has 0 bridgehead atoms. The number of anilines is 2. The first-order valence-electron chi connectivity index (χ1n) is 9.77. The number of amides is 1. The number of halogens is 4. The van der Waals surface area contributed by atoms with E-state index in [4.69, 9.17) is 5.73 Å². The third-order valence-corrected chi connectivity index (χ3v) is 5.70. The van der Waals surface area contributed by atoms with Crippen molar-refractivity contribution in [2.24, 2.45) is 5.92 Å². The second-order valence-corrected chi connectivity index (χ2v) is 7.75. The first-order valence-corrected chi connectivity index (χ1v) is 9.77. The van der Waals surface area contributed by atoms with E-state index in [1.165, 1.54) is 0 Å². The fourth-order valence-electron chi connectivity index (χ4n) is 3.95. The van der Waals surface area contributed by atoms with Gasteiger partial charge in [0, 0.05) is 25.2 Å². The van der Waals surface area contributed by atoms with Crippen molar-refractivity contribution in [3.63, 3.8) is 0 Å². The van der Waals surface area contributed by atoms with Crippen LogP contribution in [0.2, 0.25) is 0 Å². The molecular formula is C18H23F4N5O3. The Balaban J connectivity index is 1.80. The number of nitrogens with one attached hydrogen (secondary N) is 1. The van der Waals surface area contributed by atoms with Crippen LogP contribution in [0, 0.1) is 16.0 Å². The highest BCUT2D eigenvalue weighted by atomic mass is 19.4. The van der Waals surface area contributed by atoms with E-state index in [1.807, 2.05) is 0 Å². The van der Waals surface area contributed by atoms with Crippen LogP contribution in [0.3, 0.4) is 0 Å². The highest BCUT2D eigenvalue weighted by molar-refractivity contribution is 6.00. The number of piperidine rings is 1. The van der Waals surface area contributed by atoms with Gasteiger partial charge in [0.05, 0.1) is 16.4 Å². The number of nitrogens with zero attached hydrogens (tertiary/aromatic N) is 3. The van der Waals surface area contributed by atoms with Gasteiger partial charge in [-0.15, -0.1) is 0 Å². The van der Waals surface area contributed by atoms with E-state index in [2.05, 4.69) is 10.3 Å². The van der Waals surface area contributed by atoms with Crippen molar-refractivity contribution in [3.05, 3.63) is 21.7 Å². The molecule has 1 amide bonds. The van der Waals surface area contributed by atoms with Crippen LogP contribution in [0.5, 0.6) is 0 Å². The maximum atomic E-state index is 13.5. The van der Waals surface area contributed by atoms with E-state index in [9.17, 15) is 32.5 Å². The molecule has 3 rings (SSSR count). The number of hydrogen-bond donors (Lipinski definition) is 2. The number of pyridine rings is 1. The number of carbonyl (C=O) groups excluding carboxylic acids is 1. The number of aromatic nitrogens is 1. The molecule has 0 spiro atoms. The fourth-order valence-corrected chi connectivity index (χ4v) is 3.95. The molecule has 1 aromatic rings. The number of alkyl halides is 4. The average molecular weight is 433 g/mol. The standard InChI is InChI=1S/C18H23F4N5O3/c19-11-5-7-26(8-6-11)16-13(9-14(27(29)30)15(23)25-16)17(28)24-12-3-1-10(2-4-12)18(20,21)22/h9-12H,1-8H2,(H2,23,25)(H,24,28). The monoisotopic (exact) mass is 433 g/mol. The second kappa shape index (κ2) is 8.60. The number of nitrogen functional groups attached to an aromatic ring is 1. The summed E-state index contributed by atoms with van der Waals surface area (Å²) < 4.78 is 52.0. The molecule has 0 aromatic carbocycles. The summed E-state index contributed by atoms with van der Waals surface area (Å²) in [5.41, 5.74) is 5.05. The van der Waals surface area contributed by atoms with E-state index in [-0.39, 0.29) is 68.8 Å². The fraction of sp³-hybridized carbons (Fsp3) is 0.667. The quantitative estimate of drug-likeness (QED) is 0.428. The van der Waals surface area contributed by atoms with Crippen LogP contribution in [0.4, 0.5) is 34.9 Å². The van der Waals surface area contributed by atoms with Crippen molar-refractivity contribution in [1.29, 1.82) is 0 Å². The van der Waals surface area contributed by atoms with Crippen molar-refractivity contribution < 1.29 is 27.3 Å². The van der Waals surface area contributed by atoms with E-state index >= 15 is 0 Å². The topological polar surface area (TPSA) is 114 Å². The van der Waals surface area contributed by atoms with Crippen molar-refractivity contribution in [2.45, 2.75) is 56.9 Å². The van der Waals surface area contributed by atoms with Crippen LogP contribution >= 0.6 is 0 Å². The van der Waals surface area contributed by atoms with Gasteiger partial charge in [-0.2, -0.15) is 13.2 Å². The van der Waals surface area contributed by atoms with Gasteiger partial charge < -0.3 is 16.0 Å². The third kappa shape index (κ3) is 4.90. The Kier molecular flexibility index (Phi) is 6.32. The molecule has 2 heterocycles. The molecule has 1 saturated heterocycles. The van der Waals surface area contributed by atoms with E-state index in [0.29, 0.717) is 0 Å². The molecule has 1 aromatic heterocycles. The van der Waals surface area contributed by atoms with Gasteiger partial charge in [0.2, 0.25) is 5.82 Å². The molecule has 2 aliphatic rings. The first kappa shape index (κ1) is 22.0. The normalized spacial score (nSPS) is 23.3. The Bertz CT molecular complexity index is 804. The number of nitro groups is 1. The lowest BCUT2D eigenvalue weighted by atomic mass is 9.85. The molecule has 30 heavy (non-hydrogen) atoms. The number of rotatable bonds is 4. The predicted octanol–water partition coefficient (Wildman–Crippen LogP) is 3.36. The lowest BCUT2D eigenvalue weighted by molar-refractivity contribution is -0.384. The van der Waals surface area contributed by atoms with Crippen LogP contribution in [-0.2, 0) is 0 Å². The largest absolute Gasteiger partial charge is 0.391 e. The zero-order valence-corrected chi connectivity index (χ0v) is 16.1. The second-order valence-electron chi connectivity index (χ2n) is 7.75. The molecule has 3 N–H and O–H groups in total. The van der Waals surface area contributed by atoms with Gasteiger partial charge in [-0.25, -0.2) is 9.37 Å². The minimum Gasteiger partial charge on any atom is -0.378 e. The minimum atomic E-state index is -4.26. The van der Waals surface area contributed by atoms with Gasteiger partial charge in [0.25, 0.3) is 5.91 Å². The summed E-state index contributed by atoms with van der Waals surface area (Å²) in [4.78, 5) is 29.0. The molecule has 0 radical (unpaired) electrons. The van der Waals surface area contributed by atoms with Crippen LogP contribution in [-0.4, -0.2) is 47.3 Å². The van der Waals surface area contributed by atoms with Crippen molar-refractivity contribution in [1.82, 2.24) is 10.3 Å². The molecule has 1 saturated carbocycles. The van der Waals surface area contributed by atoms with Gasteiger partial charge in [0.1, 0.15) is 12.0 Å². The molecule has 0 unspecified atom stereocenters. The summed E-state index contributed by atoms with van der Waals surface area (Å²) in [6, 6.07) is 0.549. The van der Waals surface area contributed by atoms with Gasteiger partial charge in [-0.05, 0) is 38.5 Å². The van der Waals surface area contributed by atoms with E-state index in [1.54, 1.807) is 4.90 Å². The summed E-state index contributed by atoms with van der Waals surface area (Å²) in [6.45, 7) is 0.533. The molecule has 0 atom stereocenters. The molecule has 2 fully saturated rings. The molecule has 1 aliphatic carbocycles. The van der Waals surface area contributed by atoms with Crippen LogP contribution in [0.25, 0.3) is 0 Å². The summed E-state index contributed by atoms with van der Waals surface area (Å²) >= 11 is 0. The molecular weight excluding hydrogens is 410 g/mol. The third-order valence-electron chi connectivity index (χ3n) is 5.70. The van der Waals surface area contributed by atoms with Crippen LogP contribution < -0.4 is 16.0 Å². The molecule has 8 nitrogen and oxygen atoms in total. The molecule has 1 aliphatic heterocycles. The average Bonchev–Trinajstić information content (AvgIpc) is 2.67. The van der Waals surface area contributed by atoms with Crippen molar-refractivity contribution >= 4 is 23.2 Å². The number of hydrogen-bond acceptors (Lipinski definition) is 6. The molecule has 166 valence electrons. The lowest BCUT2D eigenvalue weighted by Crippen LogP contribution is -2.41. The van der Waals surface area contributed by atoms with Crippen LogP contribution in [0.15, 0.2) is 6.07 Å². The Morgan fingerprint density at radius 2 is 1.80 bits per heavy atom. The summed E-state index contributed by atoms with van der Waals surface area (Å²) in [7, 11) is 0. The van der Waals surface area contributed by atoms with Gasteiger partial charge in [-0.3, -0.25) is 14.9 Å². The molecule has 12 heteroatoms. The van der Waals surface area contributed by atoms with Gasteiger partial charge in [0.15, 0.2) is 0 Å². The van der Waals surface area contributed by atoms with E-state index in [0.717, 1.165) is 6.07 Å². The summed E-state index contributed by atoms with van der Waals surface area (Å²) in [5, 5.41) is 13.9. The highest BCUT2D eigenvalue weighted by Crippen LogP contribution is 2.38. The maximum Gasteiger partial charge on any atom is 0.391 e. The Morgan fingerprint density at radius 3 is 2.33 bits per heavy atom.